The Morgan fingerprint density at radius 1 is 1.29 bits per heavy atom. The van der Waals surface area contributed by atoms with Crippen LogP contribution < -0.4 is 10.2 Å². The van der Waals surface area contributed by atoms with Crippen LogP contribution in [0.5, 0.6) is 0 Å². The molecule has 2 aromatic rings. The molecule has 0 aliphatic carbocycles. The number of piperazine rings is 1. The molecule has 3 saturated heterocycles. The Hall–Kier alpha value is -4.05. The molecule has 13 heteroatoms. The van der Waals surface area contributed by atoms with E-state index in [0.717, 1.165) is 17.7 Å². The average molecular weight is 522 g/mol. The molecule has 3 unspecified atom stereocenters. The van der Waals surface area contributed by atoms with Crippen LogP contribution in [0.4, 0.5) is 10.5 Å². The van der Waals surface area contributed by atoms with E-state index in [1.54, 1.807) is 25.7 Å². The molecule has 3 aliphatic heterocycles. The molecule has 2 N–H and O–H groups in total. The summed E-state index contributed by atoms with van der Waals surface area (Å²) in [6, 6.07) is 7.71. The lowest BCUT2D eigenvalue weighted by molar-refractivity contribution is -0.135. The first-order valence-corrected chi connectivity index (χ1v) is 12.8. The second-order valence-electron chi connectivity index (χ2n) is 10.9. The second-order valence-corrected chi connectivity index (χ2v) is 10.9. The molecule has 2 bridgehead atoms. The van der Waals surface area contributed by atoms with E-state index in [2.05, 4.69) is 32.0 Å². The number of anilines is 1. The normalized spacial score (nSPS) is 23.9. The minimum Gasteiger partial charge on any atom is -0.444 e. The summed E-state index contributed by atoms with van der Waals surface area (Å²) in [5, 5.41) is 26.0. The number of carbonyl (C=O) groups excluding carboxylic acids is 3. The molecule has 0 spiro atoms. The van der Waals surface area contributed by atoms with Crippen molar-refractivity contribution in [1.82, 2.24) is 35.7 Å². The smallest absolute Gasteiger partial charge is 0.408 e. The van der Waals surface area contributed by atoms with Gasteiger partial charge in [0.15, 0.2) is 5.82 Å². The van der Waals surface area contributed by atoms with E-state index in [4.69, 9.17) is 4.74 Å². The van der Waals surface area contributed by atoms with Crippen LogP contribution in [0.25, 0.3) is 11.4 Å². The van der Waals surface area contributed by atoms with E-state index < -0.39 is 29.8 Å². The molecule has 5 rings (SSSR count). The predicted octanol–water partition coefficient (Wildman–Crippen LogP) is 1.06. The third-order valence-electron chi connectivity index (χ3n) is 7.12. The fraction of sp³-hybridized carbons (Fsp3) is 0.560. The molecule has 1 aromatic heterocycles. The number of hydrogen-bond donors (Lipinski definition) is 2. The fourth-order valence-electron chi connectivity index (χ4n) is 5.50. The number of nitrogens with one attached hydrogen (secondary N) is 2. The number of rotatable bonds is 6. The number of benzene rings is 1. The van der Waals surface area contributed by atoms with Gasteiger partial charge in [-0.1, -0.05) is 0 Å². The monoisotopic (exact) mass is 521 g/mol. The maximum absolute atomic E-state index is 13.5. The minimum absolute atomic E-state index is 0.0464. The topological polar surface area (TPSA) is 160 Å². The molecule has 4 atom stereocenters. The summed E-state index contributed by atoms with van der Waals surface area (Å²) in [5.74, 6) is 0.168. The Balaban J connectivity index is 1.29. The molecule has 200 valence electrons. The van der Waals surface area contributed by atoms with Crippen LogP contribution in [-0.2, 0) is 14.3 Å². The zero-order valence-electron chi connectivity index (χ0n) is 21.6. The van der Waals surface area contributed by atoms with E-state index in [1.165, 1.54) is 4.90 Å². The number of hydrogen-bond acceptors (Lipinski definition) is 9. The number of nitriles is 1. The number of aromatic amines is 1. The van der Waals surface area contributed by atoms with Gasteiger partial charge in [-0.15, -0.1) is 5.10 Å². The van der Waals surface area contributed by atoms with E-state index >= 15 is 0 Å². The van der Waals surface area contributed by atoms with Gasteiger partial charge in [-0.05, 0) is 74.7 Å². The highest BCUT2D eigenvalue weighted by atomic mass is 16.6. The van der Waals surface area contributed by atoms with Gasteiger partial charge in [0.2, 0.25) is 11.8 Å². The first kappa shape index (κ1) is 25.6. The van der Waals surface area contributed by atoms with Gasteiger partial charge >= 0.3 is 6.09 Å². The first-order chi connectivity index (χ1) is 18.1. The third-order valence-corrected chi connectivity index (χ3v) is 7.12. The van der Waals surface area contributed by atoms with Crippen molar-refractivity contribution in [3.05, 3.63) is 24.3 Å². The Labute approximate surface area is 220 Å². The first-order valence-electron chi connectivity index (χ1n) is 12.8. The largest absolute Gasteiger partial charge is 0.444 e. The number of carbonyl (C=O) groups is 3. The predicted molar refractivity (Wildman–Crippen MR) is 134 cm³/mol. The van der Waals surface area contributed by atoms with Gasteiger partial charge in [-0.3, -0.25) is 14.5 Å². The minimum atomic E-state index is -0.936. The number of nitrogens with zero attached hydrogens (tertiary/aromatic N) is 7. The third kappa shape index (κ3) is 5.04. The lowest BCUT2D eigenvalue weighted by Crippen LogP contribution is -2.59. The van der Waals surface area contributed by atoms with Gasteiger partial charge in [0, 0.05) is 30.9 Å². The zero-order chi connectivity index (χ0) is 27.0. The molecule has 38 heavy (non-hydrogen) atoms. The number of fused-ring (bicyclic) bond motifs is 2. The maximum Gasteiger partial charge on any atom is 0.408 e. The molecule has 3 fully saturated rings. The van der Waals surface area contributed by atoms with Crippen molar-refractivity contribution in [1.29, 1.82) is 5.26 Å². The van der Waals surface area contributed by atoms with E-state index in [-0.39, 0.29) is 24.4 Å². The number of aromatic nitrogens is 4. The summed E-state index contributed by atoms with van der Waals surface area (Å²) in [5.41, 5.74) is 0.861. The molecular weight excluding hydrogens is 490 g/mol. The van der Waals surface area contributed by atoms with E-state index in [1.807, 2.05) is 29.2 Å². The number of H-pyrrole nitrogens is 1. The number of ether oxygens (including phenoxy) is 1. The number of alkyl carbamates (subject to hydrolysis) is 1. The standard InChI is InChI=1S/C25H31N9O4/c1-25(2,3)38-24(37)27-19(22(35)33-10-4-5-17(33)12-26)14-32-13-18-11-20(32)23(36)34(18)16-8-6-15(7-9-16)21-28-30-31-29-21/h6-9,17-20H,4-5,10-11,13-14H2,1-3H3,(H,27,37)(H,28,29,30,31)/t17?,18-,19?,20?/m0/s1. The second kappa shape index (κ2) is 10.0. The van der Waals surface area contributed by atoms with Crippen molar-refractivity contribution in [3.63, 3.8) is 0 Å². The van der Waals surface area contributed by atoms with E-state index in [0.29, 0.717) is 31.8 Å². The zero-order valence-corrected chi connectivity index (χ0v) is 21.6. The lowest BCUT2D eigenvalue weighted by Gasteiger charge is -2.36. The summed E-state index contributed by atoms with van der Waals surface area (Å²) in [6.07, 6.45) is 1.26. The quantitative estimate of drug-likeness (QED) is 0.566. The average Bonchev–Trinajstić information content (AvgIpc) is 3.66. The Bertz CT molecular complexity index is 1240. The highest BCUT2D eigenvalue weighted by molar-refractivity contribution is 6.01. The molecule has 3 amide bonds. The van der Waals surface area contributed by atoms with Crippen molar-refractivity contribution in [2.24, 2.45) is 0 Å². The van der Waals surface area contributed by atoms with Crippen LogP contribution >= 0.6 is 0 Å². The van der Waals surface area contributed by atoms with Crippen molar-refractivity contribution in [3.8, 4) is 17.5 Å². The van der Waals surface area contributed by atoms with Crippen LogP contribution in [0.2, 0.25) is 0 Å². The van der Waals surface area contributed by atoms with Gasteiger partial charge in [0.25, 0.3) is 0 Å². The van der Waals surface area contributed by atoms with Crippen molar-refractivity contribution in [2.75, 3.05) is 24.5 Å². The highest BCUT2D eigenvalue weighted by Crippen LogP contribution is 2.36. The molecular formula is C25H31N9O4. The van der Waals surface area contributed by atoms with E-state index in [9.17, 15) is 19.6 Å². The lowest BCUT2D eigenvalue weighted by atomic mass is 10.1. The summed E-state index contributed by atoms with van der Waals surface area (Å²) in [4.78, 5) is 44.8. The number of likely N-dealkylation sites (tertiary alicyclic amines) is 2. The molecule has 4 heterocycles. The van der Waals surface area contributed by atoms with Crippen LogP contribution in [0.3, 0.4) is 0 Å². The number of amides is 3. The Kier molecular flexibility index (Phi) is 6.75. The maximum atomic E-state index is 13.5. The highest BCUT2D eigenvalue weighted by Gasteiger charge is 2.51. The van der Waals surface area contributed by atoms with Crippen LogP contribution in [0.1, 0.15) is 40.0 Å². The molecule has 0 saturated carbocycles. The molecule has 0 radical (unpaired) electrons. The van der Waals surface area contributed by atoms with Gasteiger partial charge < -0.3 is 19.9 Å². The van der Waals surface area contributed by atoms with Crippen molar-refractivity contribution in [2.45, 2.75) is 69.8 Å². The van der Waals surface area contributed by atoms with Gasteiger partial charge in [0.1, 0.15) is 17.7 Å². The fourth-order valence-corrected chi connectivity index (χ4v) is 5.50. The summed E-state index contributed by atoms with van der Waals surface area (Å²) in [6.45, 7) is 6.42. The van der Waals surface area contributed by atoms with Crippen molar-refractivity contribution >= 4 is 23.6 Å². The molecule has 1 aromatic carbocycles. The summed E-state index contributed by atoms with van der Waals surface area (Å²) in [7, 11) is 0. The Morgan fingerprint density at radius 3 is 2.68 bits per heavy atom. The SMILES string of the molecule is CC(C)(C)OC(=O)NC(CN1C[C@@H]2CC1C(=O)N2c1ccc(-c2nnn[nH]2)cc1)C(=O)N1CCCC1C#N. The van der Waals surface area contributed by atoms with Gasteiger partial charge in [-0.2, -0.15) is 5.26 Å². The van der Waals surface area contributed by atoms with Gasteiger partial charge in [0.05, 0.1) is 18.2 Å². The van der Waals surface area contributed by atoms with Crippen LogP contribution in [-0.4, -0.2) is 97.7 Å². The van der Waals surface area contributed by atoms with Crippen LogP contribution in [0.15, 0.2) is 24.3 Å². The Morgan fingerprint density at radius 2 is 2.05 bits per heavy atom. The van der Waals surface area contributed by atoms with Crippen molar-refractivity contribution < 1.29 is 19.1 Å². The molecule has 3 aliphatic rings. The summed E-state index contributed by atoms with van der Waals surface area (Å²) >= 11 is 0. The molecule has 13 nitrogen and oxygen atoms in total. The van der Waals surface area contributed by atoms with Gasteiger partial charge in [-0.25, -0.2) is 9.89 Å². The number of tetrazole rings is 1. The summed E-state index contributed by atoms with van der Waals surface area (Å²) < 4.78 is 5.40. The van der Waals surface area contributed by atoms with Crippen LogP contribution in [0, 0.1) is 11.3 Å².